The van der Waals surface area contributed by atoms with E-state index in [1.165, 1.54) is 12.1 Å². The van der Waals surface area contributed by atoms with Crippen molar-refractivity contribution < 1.29 is 14.6 Å². The molecule has 0 unspecified atom stereocenters. The lowest BCUT2D eigenvalue weighted by atomic mass is 9.97. The number of rotatable bonds is 4. The van der Waals surface area contributed by atoms with Gasteiger partial charge in [0.25, 0.3) is 0 Å². The van der Waals surface area contributed by atoms with Crippen LogP contribution in [-0.4, -0.2) is 17.7 Å². The van der Waals surface area contributed by atoms with Gasteiger partial charge in [-0.15, -0.1) is 0 Å². The van der Waals surface area contributed by atoms with Crippen LogP contribution in [0.15, 0.2) is 24.3 Å². The number of aromatic hydroxyl groups is 1. The highest BCUT2D eigenvalue weighted by Crippen LogP contribution is 2.21. The van der Waals surface area contributed by atoms with Gasteiger partial charge in [-0.25, -0.2) is 0 Å². The van der Waals surface area contributed by atoms with E-state index in [-0.39, 0.29) is 18.1 Å². The first kappa shape index (κ1) is 12.1. The fourth-order valence-corrected chi connectivity index (χ4v) is 1.33. The van der Waals surface area contributed by atoms with Gasteiger partial charge < -0.3 is 9.84 Å². The molecule has 0 radical (unpaired) electrons. The Balaban J connectivity index is 2.72. The number of nitriles is 1. The lowest BCUT2D eigenvalue weighted by Gasteiger charge is -2.08. The lowest BCUT2D eigenvalue weighted by molar-refractivity contribution is -0.143. The summed E-state index contributed by atoms with van der Waals surface area (Å²) >= 11 is 0. The first-order valence-corrected chi connectivity index (χ1v) is 5.01. The SMILES string of the molecule is CCOC(=O)C[C@H](C#N)c1ccc(O)cc1. The summed E-state index contributed by atoms with van der Waals surface area (Å²) < 4.78 is 4.78. The van der Waals surface area contributed by atoms with Crippen LogP contribution in [0.1, 0.15) is 24.8 Å². The molecule has 16 heavy (non-hydrogen) atoms. The second-order valence-corrected chi connectivity index (χ2v) is 3.28. The molecule has 1 aromatic carbocycles. The highest BCUT2D eigenvalue weighted by molar-refractivity contribution is 5.71. The number of carbonyl (C=O) groups is 1. The minimum atomic E-state index is -0.528. The molecular weight excluding hydrogens is 206 g/mol. The third-order valence-corrected chi connectivity index (χ3v) is 2.13. The molecule has 0 saturated carbocycles. The van der Waals surface area contributed by atoms with E-state index in [9.17, 15) is 4.79 Å². The topological polar surface area (TPSA) is 70.3 Å². The summed E-state index contributed by atoms with van der Waals surface area (Å²) in [5.74, 6) is -0.779. The molecule has 0 aliphatic rings. The molecule has 84 valence electrons. The van der Waals surface area contributed by atoms with Gasteiger partial charge >= 0.3 is 5.97 Å². The third kappa shape index (κ3) is 3.28. The molecule has 1 N–H and O–H groups in total. The molecule has 0 aromatic heterocycles. The van der Waals surface area contributed by atoms with Gasteiger partial charge in [-0.2, -0.15) is 5.26 Å². The summed E-state index contributed by atoms with van der Waals surface area (Å²) in [6.07, 6.45) is 0.0368. The number of ether oxygens (including phenoxy) is 1. The molecule has 0 amide bonds. The van der Waals surface area contributed by atoms with Gasteiger partial charge in [-0.05, 0) is 24.6 Å². The van der Waals surface area contributed by atoms with E-state index in [2.05, 4.69) is 0 Å². The van der Waals surface area contributed by atoms with E-state index in [1.54, 1.807) is 19.1 Å². The average Bonchev–Trinajstić information content (AvgIpc) is 2.27. The highest BCUT2D eigenvalue weighted by Gasteiger charge is 2.16. The average molecular weight is 219 g/mol. The molecule has 4 heteroatoms. The van der Waals surface area contributed by atoms with Crippen molar-refractivity contribution in [3.8, 4) is 11.8 Å². The number of benzene rings is 1. The highest BCUT2D eigenvalue weighted by atomic mass is 16.5. The summed E-state index contributed by atoms with van der Waals surface area (Å²) in [5, 5.41) is 18.0. The van der Waals surface area contributed by atoms with Crippen LogP contribution in [0.2, 0.25) is 0 Å². The minimum absolute atomic E-state index is 0.0368. The summed E-state index contributed by atoms with van der Waals surface area (Å²) in [4.78, 5) is 11.2. The summed E-state index contributed by atoms with van der Waals surface area (Å²) in [6, 6.07) is 8.28. The van der Waals surface area contributed by atoms with E-state index < -0.39 is 5.92 Å². The molecule has 1 aromatic rings. The van der Waals surface area contributed by atoms with Crippen LogP contribution in [0.5, 0.6) is 5.75 Å². The zero-order valence-corrected chi connectivity index (χ0v) is 9.01. The van der Waals surface area contributed by atoms with E-state index >= 15 is 0 Å². The fraction of sp³-hybridized carbons (Fsp3) is 0.333. The zero-order valence-electron chi connectivity index (χ0n) is 9.01. The smallest absolute Gasteiger partial charge is 0.307 e. The van der Waals surface area contributed by atoms with Gasteiger partial charge in [0, 0.05) is 0 Å². The van der Waals surface area contributed by atoms with E-state index in [0.29, 0.717) is 12.2 Å². The van der Waals surface area contributed by atoms with Crippen molar-refractivity contribution in [2.45, 2.75) is 19.3 Å². The Morgan fingerprint density at radius 1 is 1.50 bits per heavy atom. The zero-order chi connectivity index (χ0) is 12.0. The van der Waals surface area contributed by atoms with Gasteiger partial charge in [0.05, 0.1) is 25.0 Å². The molecule has 4 nitrogen and oxygen atoms in total. The van der Waals surface area contributed by atoms with Crippen molar-refractivity contribution >= 4 is 5.97 Å². The Labute approximate surface area is 94.1 Å². The lowest BCUT2D eigenvalue weighted by Crippen LogP contribution is -2.09. The Morgan fingerprint density at radius 2 is 2.12 bits per heavy atom. The van der Waals surface area contributed by atoms with E-state index in [1.807, 2.05) is 6.07 Å². The molecule has 0 aliphatic carbocycles. The molecule has 0 saturated heterocycles. The number of esters is 1. The second-order valence-electron chi connectivity index (χ2n) is 3.28. The van der Waals surface area contributed by atoms with Gasteiger partial charge in [-0.3, -0.25) is 4.79 Å². The van der Waals surface area contributed by atoms with Crippen LogP contribution >= 0.6 is 0 Å². The van der Waals surface area contributed by atoms with Crippen molar-refractivity contribution in [1.29, 1.82) is 5.26 Å². The number of carbonyl (C=O) groups excluding carboxylic acids is 1. The molecule has 0 bridgehead atoms. The molecule has 0 heterocycles. The Morgan fingerprint density at radius 3 is 2.62 bits per heavy atom. The molecule has 0 spiro atoms. The number of phenols is 1. The molecule has 1 rings (SSSR count). The van der Waals surface area contributed by atoms with Gasteiger partial charge in [0.2, 0.25) is 0 Å². The van der Waals surface area contributed by atoms with Crippen LogP contribution < -0.4 is 0 Å². The maximum Gasteiger partial charge on any atom is 0.307 e. The quantitative estimate of drug-likeness (QED) is 0.786. The van der Waals surface area contributed by atoms with Crippen molar-refractivity contribution in [1.82, 2.24) is 0 Å². The first-order valence-electron chi connectivity index (χ1n) is 5.01. The molecule has 0 fully saturated rings. The predicted molar refractivity (Wildman–Crippen MR) is 57.7 cm³/mol. The fourth-order valence-electron chi connectivity index (χ4n) is 1.33. The number of nitrogens with zero attached hydrogens (tertiary/aromatic N) is 1. The minimum Gasteiger partial charge on any atom is -0.508 e. The van der Waals surface area contributed by atoms with Crippen molar-refractivity contribution in [2.24, 2.45) is 0 Å². The Bertz CT molecular complexity index is 392. The monoisotopic (exact) mass is 219 g/mol. The first-order chi connectivity index (χ1) is 7.67. The van der Waals surface area contributed by atoms with Crippen LogP contribution in [0, 0.1) is 11.3 Å². The number of hydrogen-bond acceptors (Lipinski definition) is 4. The largest absolute Gasteiger partial charge is 0.508 e. The molecular formula is C12H13NO3. The third-order valence-electron chi connectivity index (χ3n) is 2.13. The van der Waals surface area contributed by atoms with E-state index in [4.69, 9.17) is 15.1 Å². The standard InChI is InChI=1S/C12H13NO3/c1-2-16-12(15)7-10(8-13)9-3-5-11(14)6-4-9/h3-6,10,14H,2,7H2,1H3/t10-/m1/s1. The van der Waals surface area contributed by atoms with Crippen molar-refractivity contribution in [3.05, 3.63) is 29.8 Å². The summed E-state index contributed by atoms with van der Waals surface area (Å²) in [5.41, 5.74) is 0.702. The van der Waals surface area contributed by atoms with E-state index in [0.717, 1.165) is 0 Å². The Kier molecular flexibility index (Phi) is 4.34. The van der Waals surface area contributed by atoms with Gasteiger partial charge in [0.1, 0.15) is 5.75 Å². The van der Waals surface area contributed by atoms with Crippen LogP contribution in [0.4, 0.5) is 0 Å². The maximum absolute atomic E-state index is 11.2. The molecule has 1 atom stereocenters. The van der Waals surface area contributed by atoms with Gasteiger partial charge in [-0.1, -0.05) is 12.1 Å². The van der Waals surface area contributed by atoms with Crippen LogP contribution in [-0.2, 0) is 9.53 Å². The normalized spacial score (nSPS) is 11.5. The van der Waals surface area contributed by atoms with Crippen LogP contribution in [0.25, 0.3) is 0 Å². The summed E-state index contributed by atoms with van der Waals surface area (Å²) in [6.45, 7) is 2.03. The maximum atomic E-state index is 11.2. The van der Waals surface area contributed by atoms with Crippen LogP contribution in [0.3, 0.4) is 0 Å². The van der Waals surface area contributed by atoms with Gasteiger partial charge in [0.15, 0.2) is 0 Å². The van der Waals surface area contributed by atoms with Crippen molar-refractivity contribution in [2.75, 3.05) is 6.61 Å². The molecule has 0 aliphatic heterocycles. The second kappa shape index (κ2) is 5.76. The Hall–Kier alpha value is -2.02. The predicted octanol–water partition coefficient (Wildman–Crippen LogP) is 1.95. The van der Waals surface area contributed by atoms with Crippen molar-refractivity contribution in [3.63, 3.8) is 0 Å². The number of hydrogen-bond donors (Lipinski definition) is 1. The summed E-state index contributed by atoms with van der Waals surface area (Å²) in [7, 11) is 0. The number of phenolic OH excluding ortho intramolecular Hbond substituents is 1.